The van der Waals surface area contributed by atoms with Gasteiger partial charge in [-0.25, -0.2) is 0 Å². The number of aromatic nitrogens is 2. The number of halogens is 5. The molecule has 2 aromatic rings. The second kappa shape index (κ2) is 11.3. The Bertz CT molecular complexity index is 1240. The Hall–Kier alpha value is -0.860. The average molecular weight is 743 g/mol. The fourth-order valence-corrected chi connectivity index (χ4v) is 10.7. The number of allylic oxidation sites excluding steroid dienone is 2. The molecule has 0 amide bonds. The van der Waals surface area contributed by atoms with Gasteiger partial charge in [-0.1, -0.05) is 0 Å². The topological polar surface area (TPSA) is 54.7 Å². The van der Waals surface area contributed by atoms with Crippen molar-refractivity contribution in [3.05, 3.63) is 64.4 Å². The van der Waals surface area contributed by atoms with E-state index in [1.54, 1.807) is 6.92 Å². The maximum absolute atomic E-state index is 14.0. The average Bonchev–Trinajstić information content (AvgIpc) is 3.14. The number of piperazine rings is 1. The third-order valence-electron chi connectivity index (χ3n) is 6.09. The van der Waals surface area contributed by atoms with Crippen LogP contribution >= 0.6 is 43.9 Å². The number of rotatable bonds is 5. The molecule has 0 radical (unpaired) electrons. The van der Waals surface area contributed by atoms with Crippen LogP contribution in [0.1, 0.15) is 31.2 Å². The first-order valence-corrected chi connectivity index (χ1v) is 16.7. The number of aliphatic imine (C=N–C) groups is 1. The van der Waals surface area contributed by atoms with Crippen LogP contribution in [-0.2, 0) is 0 Å². The molecule has 6 nitrogen and oxygen atoms in total. The van der Waals surface area contributed by atoms with Crippen LogP contribution in [0.25, 0.3) is 6.08 Å². The molecule has 1 saturated heterocycles. The zero-order valence-corrected chi connectivity index (χ0v) is 25.0. The van der Waals surface area contributed by atoms with Crippen LogP contribution in [0.3, 0.4) is 0 Å². The van der Waals surface area contributed by atoms with E-state index in [1.807, 2.05) is 6.20 Å². The van der Waals surface area contributed by atoms with E-state index in [9.17, 15) is 4.39 Å². The second-order valence-corrected chi connectivity index (χ2v) is 15.4. The quantitative estimate of drug-likeness (QED) is 0.287. The molecule has 0 spiro atoms. The predicted molar refractivity (Wildman–Crippen MR) is 145 cm³/mol. The predicted octanol–water partition coefficient (Wildman–Crippen LogP) is 1.54. The van der Waals surface area contributed by atoms with Gasteiger partial charge in [0.05, 0.1) is 0 Å². The molecule has 1 fully saturated rings. The number of nitrogens with one attached hydrogen (secondary N) is 1. The van der Waals surface area contributed by atoms with E-state index in [2.05, 4.69) is 44.7 Å². The molecule has 1 aromatic carbocycles. The first-order valence-electron chi connectivity index (χ1n) is 11.3. The minimum absolute atomic E-state index is 0.0257. The molecular weight excluding hydrogens is 718 g/mol. The van der Waals surface area contributed by atoms with Crippen LogP contribution in [-0.4, -0.2) is 61.2 Å². The van der Waals surface area contributed by atoms with Gasteiger partial charge in [0, 0.05) is 0 Å². The summed E-state index contributed by atoms with van der Waals surface area (Å²) in [5.74, 6) is -0.523. The van der Waals surface area contributed by atoms with Gasteiger partial charge in [-0.15, -0.1) is 0 Å². The molecular formula is C24H25Cl2FI2N5O-. The van der Waals surface area contributed by atoms with Crippen LogP contribution in [0, 0.1) is 9.39 Å². The summed E-state index contributed by atoms with van der Waals surface area (Å²) in [4.78, 5) is 14.9. The Kier molecular flexibility index (Phi) is 8.29. The molecule has 1 aromatic heterocycles. The van der Waals surface area contributed by atoms with Gasteiger partial charge >= 0.3 is 236 Å². The van der Waals surface area contributed by atoms with E-state index in [1.165, 1.54) is 29.7 Å². The Labute approximate surface area is 234 Å². The summed E-state index contributed by atoms with van der Waals surface area (Å²) in [6.07, 6.45) is 7.61. The standard InChI is InChI=1S/C24H25Cl2FI2N5O/c1-14-22(33-7-5-30-6-8-33)13-31-11-19(29-14)16-9-21-20(28-10-16)12-32-34(21)35-15(2)23-17(25)3-4-18(27)24(23)26/h3-4,9-15,22,30H,5-8H2,1-2H3/q-1/t14?,15-,22?/m0/s1. The number of hydrogen-bond acceptors (Lipinski definition) is 5. The van der Waals surface area contributed by atoms with Gasteiger partial charge in [-0.05, 0) is 0 Å². The molecule has 0 saturated carbocycles. The van der Waals surface area contributed by atoms with E-state index in [0.717, 1.165) is 31.9 Å². The molecule has 11 heteroatoms. The fourth-order valence-electron chi connectivity index (χ4n) is 4.25. The van der Waals surface area contributed by atoms with Crippen molar-refractivity contribution in [3.8, 4) is 0 Å². The van der Waals surface area contributed by atoms with Crippen molar-refractivity contribution >= 4 is 60.2 Å². The van der Waals surface area contributed by atoms with E-state index < -0.39 is 11.9 Å². The third kappa shape index (κ3) is 5.54. The first kappa shape index (κ1) is 25.8. The molecule has 35 heavy (non-hydrogen) atoms. The molecule has 0 aliphatic carbocycles. The summed E-state index contributed by atoms with van der Waals surface area (Å²) in [5, 5.41) is 8.23. The van der Waals surface area contributed by atoms with E-state index in [0.29, 0.717) is 20.6 Å². The van der Waals surface area contributed by atoms with Crippen molar-refractivity contribution in [2.24, 2.45) is 4.99 Å². The van der Waals surface area contributed by atoms with Crippen LogP contribution in [0.4, 0.5) is 4.39 Å². The van der Waals surface area contributed by atoms with Crippen LogP contribution < -0.4 is 31.4 Å². The van der Waals surface area contributed by atoms with E-state index in [4.69, 9.17) is 33.0 Å². The van der Waals surface area contributed by atoms with E-state index >= 15 is 0 Å². The SMILES string of the molecule is CC1[I-]C(C2=Cc3c(cnn3O[C@@H](C)c3c(Cl)ccc(F)c3Cl)I=C2)=CN=CC1N1CCNCC1. The number of hydrogen-bond donors (Lipinski definition) is 1. The Morgan fingerprint density at radius 1 is 1.29 bits per heavy atom. The number of fused-ring (bicyclic) bond motifs is 1. The normalized spacial score (nSPS) is 23.8. The molecule has 5 rings (SSSR count). The first-order chi connectivity index (χ1) is 16.9. The van der Waals surface area contributed by atoms with Crippen molar-refractivity contribution in [2.75, 3.05) is 26.2 Å². The summed E-state index contributed by atoms with van der Waals surface area (Å²) in [6.45, 7) is 8.36. The molecule has 188 valence electrons. The summed E-state index contributed by atoms with van der Waals surface area (Å²) in [5.41, 5.74) is 2.57. The van der Waals surface area contributed by atoms with Gasteiger partial charge in [-0.3, -0.25) is 0 Å². The van der Waals surface area contributed by atoms with Crippen LogP contribution in [0.5, 0.6) is 0 Å². The van der Waals surface area contributed by atoms with Gasteiger partial charge in [0.2, 0.25) is 0 Å². The minimum atomic E-state index is -0.579. The fraction of sp³-hybridized carbons (Fsp3) is 0.375. The van der Waals surface area contributed by atoms with Gasteiger partial charge in [0.15, 0.2) is 0 Å². The summed E-state index contributed by atoms with van der Waals surface area (Å²) in [7, 11) is 0. The molecule has 2 unspecified atom stereocenters. The molecule has 4 heterocycles. The van der Waals surface area contributed by atoms with Crippen molar-refractivity contribution < 1.29 is 30.4 Å². The van der Waals surface area contributed by atoms with Gasteiger partial charge in [-0.2, -0.15) is 0 Å². The number of alkyl halides is 1. The van der Waals surface area contributed by atoms with Crippen LogP contribution in [0.2, 0.25) is 10.0 Å². The molecule has 1 N–H and O–H groups in total. The maximum atomic E-state index is 14.0. The molecule has 0 bridgehead atoms. The summed E-state index contributed by atoms with van der Waals surface area (Å²) in [6, 6.07) is 3.14. The van der Waals surface area contributed by atoms with Gasteiger partial charge in [0.1, 0.15) is 0 Å². The Morgan fingerprint density at radius 2 is 2.09 bits per heavy atom. The molecule has 3 aliphatic rings. The second-order valence-electron chi connectivity index (χ2n) is 8.41. The zero-order chi connectivity index (χ0) is 24.5. The molecule has 3 atom stereocenters. The van der Waals surface area contributed by atoms with Gasteiger partial charge in [0.25, 0.3) is 0 Å². The third-order valence-corrected chi connectivity index (χ3v) is 12.6. The van der Waals surface area contributed by atoms with Crippen molar-refractivity contribution in [2.45, 2.75) is 29.9 Å². The van der Waals surface area contributed by atoms with E-state index in [-0.39, 0.29) is 47.0 Å². The Morgan fingerprint density at radius 3 is 2.89 bits per heavy atom. The van der Waals surface area contributed by atoms with Crippen molar-refractivity contribution in [1.82, 2.24) is 20.2 Å². The summed E-state index contributed by atoms with van der Waals surface area (Å²) < 4.78 is 19.5. The van der Waals surface area contributed by atoms with Crippen molar-refractivity contribution in [1.29, 1.82) is 0 Å². The number of benzene rings is 1. The van der Waals surface area contributed by atoms with Gasteiger partial charge < -0.3 is 0 Å². The monoisotopic (exact) mass is 742 g/mol. The Balaban J connectivity index is 1.36. The number of nitrogens with zero attached hydrogens (tertiary/aromatic N) is 4. The van der Waals surface area contributed by atoms with Crippen molar-refractivity contribution in [3.63, 3.8) is 0 Å². The molecule has 3 aliphatic heterocycles. The van der Waals surface area contributed by atoms with Crippen LogP contribution in [0.15, 0.2) is 38.7 Å². The zero-order valence-electron chi connectivity index (χ0n) is 19.2. The summed E-state index contributed by atoms with van der Waals surface area (Å²) >= 11 is 11.9.